The van der Waals surface area contributed by atoms with Crippen molar-refractivity contribution in [1.29, 1.82) is 0 Å². The highest BCUT2D eigenvalue weighted by molar-refractivity contribution is 6.30. The lowest BCUT2D eigenvalue weighted by atomic mass is 9.98. The zero-order valence-electron chi connectivity index (χ0n) is 16.5. The Morgan fingerprint density at radius 3 is 2.75 bits per heavy atom. The van der Waals surface area contributed by atoms with Crippen LogP contribution in [-0.4, -0.2) is 46.4 Å². The number of rotatable bonds is 6. The van der Waals surface area contributed by atoms with Crippen LogP contribution in [0.4, 0.5) is 0 Å². The number of hydrogen-bond donors (Lipinski definition) is 0. The molecule has 1 aromatic carbocycles. The minimum atomic E-state index is 0.322. The third-order valence-electron chi connectivity index (χ3n) is 5.99. The van der Waals surface area contributed by atoms with Gasteiger partial charge in [0.25, 0.3) is 0 Å². The van der Waals surface area contributed by atoms with E-state index in [0.29, 0.717) is 22.9 Å². The molecule has 0 aliphatic carbocycles. The summed E-state index contributed by atoms with van der Waals surface area (Å²) in [6, 6.07) is 8.10. The van der Waals surface area contributed by atoms with Crippen molar-refractivity contribution in [3.05, 3.63) is 40.7 Å². The zero-order chi connectivity index (χ0) is 19.5. The van der Waals surface area contributed by atoms with Crippen molar-refractivity contribution in [2.75, 3.05) is 19.6 Å². The molecule has 0 N–H and O–H groups in total. The van der Waals surface area contributed by atoms with Crippen molar-refractivity contribution in [3.8, 4) is 11.5 Å². The molecule has 0 saturated carbocycles. The molecule has 4 rings (SSSR count). The molecule has 1 atom stereocenters. The maximum Gasteiger partial charge on any atom is 0.226 e. The van der Waals surface area contributed by atoms with Crippen LogP contribution in [0.3, 0.4) is 0 Å². The normalized spacial score (nSPS) is 20.9. The van der Waals surface area contributed by atoms with Gasteiger partial charge in [-0.25, -0.2) is 4.98 Å². The second-order valence-corrected chi connectivity index (χ2v) is 8.36. The largest absolute Gasteiger partial charge is 0.441 e. The van der Waals surface area contributed by atoms with E-state index in [1.54, 1.807) is 0 Å². The lowest BCUT2D eigenvalue weighted by Crippen LogP contribution is -2.41. The van der Waals surface area contributed by atoms with Crippen LogP contribution in [0.5, 0.6) is 0 Å². The third-order valence-corrected chi connectivity index (χ3v) is 6.24. The van der Waals surface area contributed by atoms with Gasteiger partial charge >= 0.3 is 0 Å². The molecule has 2 aliphatic rings. The van der Waals surface area contributed by atoms with Gasteiger partial charge in [0.15, 0.2) is 0 Å². The summed E-state index contributed by atoms with van der Waals surface area (Å²) in [7, 11) is 0. The second-order valence-electron chi connectivity index (χ2n) is 7.92. The summed E-state index contributed by atoms with van der Waals surface area (Å²) in [5.74, 6) is 1.85. The number of carbonyl (C=O) groups is 1. The first kappa shape index (κ1) is 19.5. The van der Waals surface area contributed by atoms with Crippen molar-refractivity contribution in [2.45, 2.75) is 58.0 Å². The van der Waals surface area contributed by atoms with E-state index in [1.807, 2.05) is 36.1 Å². The fourth-order valence-electron chi connectivity index (χ4n) is 4.32. The zero-order valence-corrected chi connectivity index (χ0v) is 17.2. The minimum Gasteiger partial charge on any atom is -0.441 e. The van der Waals surface area contributed by atoms with E-state index in [4.69, 9.17) is 21.0 Å². The molecule has 1 amide bonds. The predicted molar refractivity (Wildman–Crippen MR) is 110 cm³/mol. The molecule has 3 heterocycles. The van der Waals surface area contributed by atoms with E-state index in [-0.39, 0.29) is 0 Å². The number of hydrogen-bond acceptors (Lipinski definition) is 4. The number of aryl methyl sites for hydroxylation is 1. The number of halogens is 1. The van der Waals surface area contributed by atoms with Crippen molar-refractivity contribution < 1.29 is 9.21 Å². The first-order chi connectivity index (χ1) is 13.6. The predicted octanol–water partition coefficient (Wildman–Crippen LogP) is 4.67. The Hall–Kier alpha value is -1.85. The first-order valence-electron chi connectivity index (χ1n) is 10.3. The van der Waals surface area contributed by atoms with Gasteiger partial charge < -0.3 is 9.32 Å². The summed E-state index contributed by atoms with van der Waals surface area (Å²) in [5.41, 5.74) is 1.95. The summed E-state index contributed by atoms with van der Waals surface area (Å²) >= 11 is 5.98. The van der Waals surface area contributed by atoms with Crippen LogP contribution in [0.2, 0.25) is 5.02 Å². The van der Waals surface area contributed by atoms with Crippen molar-refractivity contribution in [1.82, 2.24) is 14.8 Å². The summed E-state index contributed by atoms with van der Waals surface area (Å²) < 4.78 is 5.94. The van der Waals surface area contributed by atoms with Gasteiger partial charge in [-0.15, -0.1) is 0 Å². The van der Waals surface area contributed by atoms with E-state index in [0.717, 1.165) is 62.5 Å². The standard InChI is InChI=1S/C22H28ClN3O2/c1-16-20(24-22(28-16)17-7-9-18(23)10-8-17)15-26-12-3-2-5-19(26)11-14-25-13-4-6-21(25)27/h7-10,19H,2-6,11-15H2,1H3. The van der Waals surface area contributed by atoms with Gasteiger partial charge in [0.1, 0.15) is 5.76 Å². The molecule has 2 aromatic rings. The molecule has 2 aliphatic heterocycles. The fraction of sp³-hybridized carbons (Fsp3) is 0.545. The van der Waals surface area contributed by atoms with Crippen LogP contribution in [0.25, 0.3) is 11.5 Å². The van der Waals surface area contributed by atoms with Crippen LogP contribution >= 0.6 is 11.6 Å². The second kappa shape index (κ2) is 8.66. The topological polar surface area (TPSA) is 49.6 Å². The van der Waals surface area contributed by atoms with Gasteiger partial charge in [-0.2, -0.15) is 0 Å². The highest BCUT2D eigenvalue weighted by Gasteiger charge is 2.27. The molecule has 1 unspecified atom stereocenters. The molecule has 0 spiro atoms. The van der Waals surface area contributed by atoms with Crippen molar-refractivity contribution >= 4 is 17.5 Å². The molecule has 28 heavy (non-hydrogen) atoms. The molecule has 5 nitrogen and oxygen atoms in total. The summed E-state index contributed by atoms with van der Waals surface area (Å²) in [5, 5.41) is 0.708. The molecule has 2 fully saturated rings. The van der Waals surface area contributed by atoms with Gasteiger partial charge in [-0.3, -0.25) is 9.69 Å². The molecule has 0 bridgehead atoms. The van der Waals surface area contributed by atoms with Crippen molar-refractivity contribution in [3.63, 3.8) is 0 Å². The van der Waals surface area contributed by atoms with Crippen LogP contribution in [0.1, 0.15) is 50.0 Å². The van der Waals surface area contributed by atoms with E-state index in [9.17, 15) is 4.79 Å². The molecule has 1 aromatic heterocycles. The van der Waals surface area contributed by atoms with Gasteiger partial charge in [0, 0.05) is 42.7 Å². The average Bonchev–Trinajstić information content (AvgIpc) is 3.27. The first-order valence-corrected chi connectivity index (χ1v) is 10.7. The van der Waals surface area contributed by atoms with E-state index < -0.39 is 0 Å². The van der Waals surface area contributed by atoms with Crippen LogP contribution in [-0.2, 0) is 11.3 Å². The summed E-state index contributed by atoms with van der Waals surface area (Å²) in [6.45, 7) is 5.69. The van der Waals surface area contributed by atoms with Gasteiger partial charge in [-0.1, -0.05) is 18.0 Å². The molecule has 6 heteroatoms. The maximum absolute atomic E-state index is 11.9. The molecular weight excluding hydrogens is 374 g/mol. The lowest BCUT2D eigenvalue weighted by molar-refractivity contribution is -0.127. The number of nitrogens with zero attached hydrogens (tertiary/aromatic N) is 3. The fourth-order valence-corrected chi connectivity index (χ4v) is 4.45. The van der Waals surface area contributed by atoms with Crippen molar-refractivity contribution in [2.24, 2.45) is 0 Å². The number of aromatic nitrogens is 1. The summed E-state index contributed by atoms with van der Waals surface area (Å²) in [4.78, 5) is 21.2. The van der Waals surface area contributed by atoms with E-state index >= 15 is 0 Å². The highest BCUT2D eigenvalue weighted by Crippen LogP contribution is 2.27. The van der Waals surface area contributed by atoms with Gasteiger partial charge in [0.05, 0.1) is 5.69 Å². The monoisotopic (exact) mass is 401 g/mol. The third kappa shape index (κ3) is 4.41. The number of piperidine rings is 1. The Morgan fingerprint density at radius 1 is 1.18 bits per heavy atom. The number of oxazole rings is 1. The number of likely N-dealkylation sites (tertiary alicyclic amines) is 2. The van der Waals surface area contributed by atoms with Crippen LogP contribution in [0, 0.1) is 6.92 Å². The van der Waals surface area contributed by atoms with Crippen LogP contribution in [0.15, 0.2) is 28.7 Å². The Kier molecular flexibility index (Phi) is 6.02. The quantitative estimate of drug-likeness (QED) is 0.705. The minimum absolute atomic E-state index is 0.322. The van der Waals surface area contributed by atoms with Gasteiger partial charge in [0.2, 0.25) is 11.8 Å². The van der Waals surface area contributed by atoms with Gasteiger partial charge in [-0.05, 0) is 63.4 Å². The Labute approximate surface area is 171 Å². The maximum atomic E-state index is 11.9. The Morgan fingerprint density at radius 2 is 2.00 bits per heavy atom. The molecule has 0 radical (unpaired) electrons. The molecule has 150 valence electrons. The lowest BCUT2D eigenvalue weighted by Gasteiger charge is -2.36. The number of benzene rings is 1. The SMILES string of the molecule is Cc1oc(-c2ccc(Cl)cc2)nc1CN1CCCCC1CCN1CCCC1=O. The Balaban J connectivity index is 1.42. The molecular formula is C22H28ClN3O2. The summed E-state index contributed by atoms with van der Waals surface area (Å²) in [6.07, 6.45) is 6.47. The number of carbonyl (C=O) groups excluding carboxylic acids is 1. The Bertz CT molecular complexity index is 818. The average molecular weight is 402 g/mol. The number of amides is 1. The van der Waals surface area contributed by atoms with E-state index in [2.05, 4.69) is 4.90 Å². The van der Waals surface area contributed by atoms with E-state index in [1.165, 1.54) is 19.3 Å². The van der Waals surface area contributed by atoms with Crippen LogP contribution < -0.4 is 0 Å². The molecule has 2 saturated heterocycles. The highest BCUT2D eigenvalue weighted by atomic mass is 35.5. The smallest absolute Gasteiger partial charge is 0.226 e.